The lowest BCUT2D eigenvalue weighted by Crippen LogP contribution is -2.46. The van der Waals surface area contributed by atoms with Crippen LogP contribution >= 0.6 is 0 Å². The number of benzene rings is 2. The summed E-state index contributed by atoms with van der Waals surface area (Å²) in [5.74, 6) is -0.149. The van der Waals surface area contributed by atoms with E-state index in [1.54, 1.807) is 6.07 Å². The van der Waals surface area contributed by atoms with E-state index in [0.29, 0.717) is 31.5 Å². The van der Waals surface area contributed by atoms with E-state index in [-0.39, 0.29) is 34.8 Å². The van der Waals surface area contributed by atoms with Gasteiger partial charge in [0.25, 0.3) is 5.91 Å². The fraction of sp³-hybridized carbons (Fsp3) is 0.435. The number of aryl methyl sites for hydroxylation is 1. The van der Waals surface area contributed by atoms with E-state index in [9.17, 15) is 21.6 Å². The molecule has 0 saturated carbocycles. The summed E-state index contributed by atoms with van der Waals surface area (Å²) in [5, 5.41) is 3.01. The number of sulfonamides is 2. The topological polar surface area (TPSA) is 104 Å². The number of rotatable bonds is 6. The third kappa shape index (κ3) is 4.98. The Labute approximate surface area is 195 Å². The zero-order chi connectivity index (χ0) is 23.6. The molecular formula is C23H29N3O5S2. The highest BCUT2D eigenvalue weighted by molar-refractivity contribution is 7.89. The summed E-state index contributed by atoms with van der Waals surface area (Å²) in [7, 11) is -7.33. The van der Waals surface area contributed by atoms with E-state index in [2.05, 4.69) is 5.32 Å². The van der Waals surface area contributed by atoms with Crippen molar-refractivity contribution < 1.29 is 21.6 Å². The molecule has 1 amide bonds. The number of amides is 1. The number of hydrogen-bond acceptors (Lipinski definition) is 5. The molecule has 0 atom stereocenters. The largest absolute Gasteiger partial charge is 0.349 e. The fourth-order valence-corrected chi connectivity index (χ4v) is 7.33. The van der Waals surface area contributed by atoms with E-state index in [0.717, 1.165) is 18.4 Å². The van der Waals surface area contributed by atoms with Crippen LogP contribution in [0, 0.1) is 6.92 Å². The molecule has 4 rings (SSSR count). The summed E-state index contributed by atoms with van der Waals surface area (Å²) in [6.07, 6.45) is 2.71. The monoisotopic (exact) mass is 491 g/mol. The first-order valence-corrected chi connectivity index (χ1v) is 14.0. The van der Waals surface area contributed by atoms with Crippen LogP contribution in [0.25, 0.3) is 0 Å². The molecule has 10 heteroatoms. The average molecular weight is 492 g/mol. The molecule has 2 aliphatic heterocycles. The minimum Gasteiger partial charge on any atom is -0.349 e. The first-order valence-electron chi connectivity index (χ1n) is 11.2. The highest BCUT2D eigenvalue weighted by atomic mass is 32.2. The van der Waals surface area contributed by atoms with Gasteiger partial charge in [0.1, 0.15) is 0 Å². The molecule has 33 heavy (non-hydrogen) atoms. The highest BCUT2D eigenvalue weighted by Crippen LogP contribution is 2.25. The number of nitrogens with one attached hydrogen (secondary N) is 1. The summed E-state index contributed by atoms with van der Waals surface area (Å²) in [6, 6.07) is 12.7. The lowest BCUT2D eigenvalue weighted by Gasteiger charge is -2.31. The number of carbonyl (C=O) groups is 1. The molecule has 2 aliphatic rings. The lowest BCUT2D eigenvalue weighted by molar-refractivity contribution is 0.0923. The number of hydrogen-bond donors (Lipinski definition) is 1. The van der Waals surface area contributed by atoms with E-state index in [1.165, 1.54) is 32.9 Å². The molecule has 0 aliphatic carbocycles. The molecule has 178 valence electrons. The van der Waals surface area contributed by atoms with Crippen LogP contribution in [0.5, 0.6) is 0 Å². The smallest absolute Gasteiger partial charge is 0.251 e. The SMILES string of the molecule is Cc1ccccc1C(=O)NC1CCN(S(=O)(=O)c2ccc(S(=O)(=O)N3CCCC3)cc2)CC1. The average Bonchev–Trinajstić information content (AvgIpc) is 3.36. The molecule has 0 aromatic heterocycles. The maximum absolute atomic E-state index is 13.1. The van der Waals surface area contributed by atoms with Crippen molar-refractivity contribution in [1.82, 2.24) is 13.9 Å². The molecule has 0 radical (unpaired) electrons. The van der Waals surface area contributed by atoms with Gasteiger partial charge in [-0.05, 0) is 68.5 Å². The van der Waals surface area contributed by atoms with Crippen molar-refractivity contribution in [1.29, 1.82) is 0 Å². The molecule has 2 aromatic rings. The normalized spacial score (nSPS) is 18.9. The third-order valence-corrected chi connectivity index (χ3v) is 10.2. The molecule has 0 spiro atoms. The van der Waals surface area contributed by atoms with E-state index in [1.807, 2.05) is 25.1 Å². The van der Waals surface area contributed by atoms with Crippen molar-refractivity contribution in [3.8, 4) is 0 Å². The van der Waals surface area contributed by atoms with Gasteiger partial charge in [0.15, 0.2) is 0 Å². The van der Waals surface area contributed by atoms with Crippen LogP contribution in [0.3, 0.4) is 0 Å². The third-order valence-electron chi connectivity index (χ3n) is 6.34. The second-order valence-electron chi connectivity index (χ2n) is 8.55. The van der Waals surface area contributed by atoms with Crippen LogP contribution in [0.2, 0.25) is 0 Å². The van der Waals surface area contributed by atoms with Crippen molar-refractivity contribution in [3.05, 3.63) is 59.7 Å². The number of carbonyl (C=O) groups excluding carboxylic acids is 1. The van der Waals surface area contributed by atoms with Gasteiger partial charge in [-0.3, -0.25) is 4.79 Å². The van der Waals surface area contributed by atoms with E-state index in [4.69, 9.17) is 0 Å². The Morgan fingerprint density at radius 1 is 0.788 bits per heavy atom. The van der Waals surface area contributed by atoms with Crippen molar-refractivity contribution in [3.63, 3.8) is 0 Å². The molecule has 2 fully saturated rings. The van der Waals surface area contributed by atoms with Crippen molar-refractivity contribution in [2.75, 3.05) is 26.2 Å². The van der Waals surface area contributed by atoms with Crippen LogP contribution in [0.15, 0.2) is 58.3 Å². The van der Waals surface area contributed by atoms with Gasteiger partial charge in [0.2, 0.25) is 20.0 Å². The fourth-order valence-electron chi connectivity index (χ4n) is 4.34. The first-order chi connectivity index (χ1) is 15.7. The highest BCUT2D eigenvalue weighted by Gasteiger charge is 2.31. The molecule has 2 aromatic carbocycles. The van der Waals surface area contributed by atoms with Gasteiger partial charge in [-0.1, -0.05) is 18.2 Å². The Balaban J connectivity index is 1.39. The van der Waals surface area contributed by atoms with Crippen LogP contribution in [-0.2, 0) is 20.0 Å². The molecular weight excluding hydrogens is 462 g/mol. The van der Waals surface area contributed by atoms with Gasteiger partial charge in [-0.25, -0.2) is 16.8 Å². The van der Waals surface area contributed by atoms with Gasteiger partial charge < -0.3 is 5.32 Å². The number of nitrogens with zero attached hydrogens (tertiary/aromatic N) is 2. The minimum atomic E-state index is -3.74. The Kier molecular flexibility index (Phi) is 6.90. The Hall–Kier alpha value is -2.27. The predicted octanol–water partition coefficient (Wildman–Crippen LogP) is 2.36. The van der Waals surface area contributed by atoms with Crippen molar-refractivity contribution >= 4 is 26.0 Å². The second-order valence-corrected chi connectivity index (χ2v) is 12.4. The van der Waals surface area contributed by atoms with Gasteiger partial charge in [-0.2, -0.15) is 8.61 Å². The molecule has 8 nitrogen and oxygen atoms in total. The van der Waals surface area contributed by atoms with Gasteiger partial charge in [0.05, 0.1) is 9.79 Å². The van der Waals surface area contributed by atoms with E-state index >= 15 is 0 Å². The summed E-state index contributed by atoms with van der Waals surface area (Å²) in [6.45, 7) is 3.45. The quantitative estimate of drug-likeness (QED) is 0.668. The summed E-state index contributed by atoms with van der Waals surface area (Å²) in [4.78, 5) is 12.7. The Bertz CT molecular complexity index is 1210. The molecule has 2 heterocycles. The van der Waals surface area contributed by atoms with Gasteiger partial charge >= 0.3 is 0 Å². The zero-order valence-electron chi connectivity index (χ0n) is 18.6. The molecule has 2 saturated heterocycles. The summed E-state index contributed by atoms with van der Waals surface area (Å²) >= 11 is 0. The van der Waals surface area contributed by atoms with Crippen LogP contribution < -0.4 is 5.32 Å². The van der Waals surface area contributed by atoms with Crippen molar-refractivity contribution in [2.45, 2.75) is 48.4 Å². The maximum atomic E-state index is 13.1. The second kappa shape index (κ2) is 9.54. The summed E-state index contributed by atoms with van der Waals surface area (Å²) in [5.41, 5.74) is 1.52. The first kappa shape index (κ1) is 23.9. The van der Waals surface area contributed by atoms with Crippen molar-refractivity contribution in [2.24, 2.45) is 0 Å². The lowest BCUT2D eigenvalue weighted by atomic mass is 10.0. The van der Waals surface area contributed by atoms with Crippen LogP contribution in [0.4, 0.5) is 0 Å². The maximum Gasteiger partial charge on any atom is 0.251 e. The van der Waals surface area contributed by atoms with E-state index < -0.39 is 20.0 Å². The minimum absolute atomic E-state index is 0.0743. The number of piperidine rings is 1. The summed E-state index contributed by atoms with van der Waals surface area (Å²) < 4.78 is 54.3. The Morgan fingerprint density at radius 3 is 1.79 bits per heavy atom. The Morgan fingerprint density at radius 2 is 1.27 bits per heavy atom. The molecule has 1 N–H and O–H groups in total. The molecule has 0 unspecified atom stereocenters. The standard InChI is InChI=1S/C23H29N3O5S2/c1-18-6-2-3-7-22(18)23(27)24-19-12-16-26(17-13-19)33(30,31)21-10-8-20(9-11-21)32(28,29)25-14-4-5-15-25/h2-3,6-11,19H,4-5,12-17H2,1H3,(H,24,27). The van der Waals surface area contributed by atoms with Gasteiger partial charge in [0, 0.05) is 37.8 Å². The molecule has 0 bridgehead atoms. The predicted molar refractivity (Wildman–Crippen MR) is 125 cm³/mol. The van der Waals surface area contributed by atoms with Gasteiger partial charge in [-0.15, -0.1) is 0 Å². The van der Waals surface area contributed by atoms with Crippen LogP contribution in [-0.4, -0.2) is 63.6 Å². The van der Waals surface area contributed by atoms with Crippen LogP contribution in [0.1, 0.15) is 41.6 Å². The zero-order valence-corrected chi connectivity index (χ0v) is 20.2.